The molecule has 0 fully saturated rings. The Hall–Kier alpha value is -3.00. The molecular weight excluding hydrogens is 326 g/mol. The van der Waals surface area contributed by atoms with E-state index in [9.17, 15) is 25.0 Å². The van der Waals surface area contributed by atoms with Gasteiger partial charge in [-0.1, -0.05) is 11.6 Å². The third kappa shape index (κ3) is 3.61. The Labute approximate surface area is 135 Å². The Morgan fingerprint density at radius 1 is 1.09 bits per heavy atom. The molecule has 0 saturated carbocycles. The predicted octanol–water partition coefficient (Wildman–Crippen LogP) is 3.72. The van der Waals surface area contributed by atoms with Crippen molar-refractivity contribution in [2.45, 2.75) is 6.92 Å². The average molecular weight is 336 g/mol. The maximum atomic E-state index is 12.2. The second-order valence-electron chi connectivity index (χ2n) is 4.63. The van der Waals surface area contributed by atoms with Crippen molar-refractivity contribution in [3.05, 3.63) is 72.8 Å². The fourth-order valence-corrected chi connectivity index (χ4v) is 2.08. The van der Waals surface area contributed by atoms with Crippen LogP contribution in [0.1, 0.15) is 15.9 Å². The van der Waals surface area contributed by atoms with Gasteiger partial charge < -0.3 is 5.32 Å². The van der Waals surface area contributed by atoms with Crippen molar-refractivity contribution in [1.29, 1.82) is 0 Å². The summed E-state index contributed by atoms with van der Waals surface area (Å²) < 4.78 is 0. The van der Waals surface area contributed by atoms with E-state index in [-0.39, 0.29) is 22.0 Å². The molecule has 2 rings (SSSR count). The molecule has 8 nitrogen and oxygen atoms in total. The first-order chi connectivity index (χ1) is 10.8. The smallest absolute Gasteiger partial charge is 0.288 e. The molecule has 0 spiro atoms. The Bertz CT molecular complexity index is 822. The number of carbonyl (C=O) groups is 1. The second-order valence-corrected chi connectivity index (χ2v) is 5.04. The van der Waals surface area contributed by atoms with Gasteiger partial charge in [0.05, 0.1) is 9.85 Å². The largest absolute Gasteiger partial charge is 0.322 e. The van der Waals surface area contributed by atoms with Gasteiger partial charge in [-0.2, -0.15) is 0 Å². The molecule has 118 valence electrons. The van der Waals surface area contributed by atoms with Gasteiger partial charge in [-0.15, -0.1) is 0 Å². The summed E-state index contributed by atoms with van der Waals surface area (Å²) in [6.07, 6.45) is 0. The van der Waals surface area contributed by atoms with Crippen molar-refractivity contribution in [2.75, 3.05) is 5.32 Å². The van der Waals surface area contributed by atoms with Crippen molar-refractivity contribution < 1.29 is 14.6 Å². The number of non-ortho nitro benzene ring substituents is 1. The standard InChI is InChI=1S/C14H10ClN3O5/c1-8-6-10(17(20)21)3-5-12(8)16-14(19)9-2-4-11(15)13(7-9)18(22)23/h2-7H,1H3,(H,16,19). The van der Waals surface area contributed by atoms with Crippen LogP contribution in [0.2, 0.25) is 5.02 Å². The first-order valence-electron chi connectivity index (χ1n) is 6.30. The molecule has 0 bridgehead atoms. The zero-order valence-electron chi connectivity index (χ0n) is 11.8. The van der Waals surface area contributed by atoms with E-state index in [2.05, 4.69) is 5.32 Å². The van der Waals surface area contributed by atoms with Gasteiger partial charge in [0.15, 0.2) is 0 Å². The van der Waals surface area contributed by atoms with Gasteiger partial charge in [0.1, 0.15) is 5.02 Å². The Morgan fingerprint density at radius 3 is 2.35 bits per heavy atom. The van der Waals surface area contributed by atoms with Gasteiger partial charge in [-0.05, 0) is 30.7 Å². The fraction of sp³-hybridized carbons (Fsp3) is 0.0714. The third-order valence-corrected chi connectivity index (χ3v) is 3.39. The van der Waals surface area contributed by atoms with E-state index in [1.54, 1.807) is 6.92 Å². The number of nitrogens with one attached hydrogen (secondary N) is 1. The quantitative estimate of drug-likeness (QED) is 0.675. The summed E-state index contributed by atoms with van der Waals surface area (Å²) in [6.45, 7) is 1.60. The van der Waals surface area contributed by atoms with Crippen LogP contribution in [0.3, 0.4) is 0 Å². The Morgan fingerprint density at radius 2 is 1.78 bits per heavy atom. The lowest BCUT2D eigenvalue weighted by Crippen LogP contribution is -2.13. The molecule has 0 aliphatic heterocycles. The molecule has 2 aromatic rings. The van der Waals surface area contributed by atoms with E-state index in [1.807, 2.05) is 0 Å². The number of nitrogens with zero attached hydrogens (tertiary/aromatic N) is 2. The first kappa shape index (κ1) is 16.4. The van der Waals surface area contributed by atoms with E-state index in [1.165, 1.54) is 30.3 Å². The molecule has 9 heteroatoms. The lowest BCUT2D eigenvalue weighted by molar-refractivity contribution is -0.385. The zero-order chi connectivity index (χ0) is 17.1. The van der Waals surface area contributed by atoms with E-state index in [4.69, 9.17) is 11.6 Å². The minimum atomic E-state index is -0.684. The van der Waals surface area contributed by atoms with Crippen molar-refractivity contribution in [1.82, 2.24) is 0 Å². The van der Waals surface area contributed by atoms with Crippen molar-refractivity contribution in [3.8, 4) is 0 Å². The van der Waals surface area contributed by atoms with Gasteiger partial charge in [0.25, 0.3) is 17.3 Å². The Kier molecular flexibility index (Phi) is 4.56. The summed E-state index contributed by atoms with van der Waals surface area (Å²) >= 11 is 5.69. The highest BCUT2D eigenvalue weighted by Crippen LogP contribution is 2.26. The number of rotatable bonds is 4. The topological polar surface area (TPSA) is 115 Å². The highest BCUT2D eigenvalue weighted by molar-refractivity contribution is 6.32. The molecule has 0 aliphatic carbocycles. The second kappa shape index (κ2) is 6.41. The van der Waals surface area contributed by atoms with Crippen molar-refractivity contribution >= 4 is 34.6 Å². The first-order valence-corrected chi connectivity index (χ1v) is 6.67. The zero-order valence-corrected chi connectivity index (χ0v) is 12.5. The van der Waals surface area contributed by atoms with Crippen LogP contribution >= 0.6 is 11.6 Å². The van der Waals surface area contributed by atoms with Crippen LogP contribution in [0.4, 0.5) is 17.1 Å². The monoisotopic (exact) mass is 335 g/mol. The number of amides is 1. The molecule has 0 unspecified atom stereocenters. The number of nitro groups is 2. The number of halogens is 1. The number of hydrogen-bond donors (Lipinski definition) is 1. The summed E-state index contributed by atoms with van der Waals surface area (Å²) in [6, 6.07) is 7.66. The Balaban J connectivity index is 2.27. The van der Waals surface area contributed by atoms with Crippen LogP contribution in [0.5, 0.6) is 0 Å². The molecular formula is C14H10ClN3O5. The van der Waals surface area contributed by atoms with Crippen LogP contribution < -0.4 is 5.32 Å². The molecule has 23 heavy (non-hydrogen) atoms. The average Bonchev–Trinajstić information content (AvgIpc) is 2.49. The minimum Gasteiger partial charge on any atom is -0.322 e. The number of carbonyl (C=O) groups excluding carboxylic acids is 1. The van der Waals surface area contributed by atoms with Crippen LogP contribution in [-0.4, -0.2) is 15.8 Å². The molecule has 0 radical (unpaired) electrons. The molecule has 0 heterocycles. The maximum absolute atomic E-state index is 12.2. The molecule has 0 saturated heterocycles. The highest BCUT2D eigenvalue weighted by atomic mass is 35.5. The molecule has 0 aliphatic rings. The summed E-state index contributed by atoms with van der Waals surface area (Å²) in [7, 11) is 0. The molecule has 0 atom stereocenters. The summed E-state index contributed by atoms with van der Waals surface area (Å²) in [5.41, 5.74) is 0.454. The van der Waals surface area contributed by atoms with E-state index < -0.39 is 15.8 Å². The number of benzene rings is 2. The normalized spacial score (nSPS) is 10.2. The minimum absolute atomic E-state index is 0.0545. The summed E-state index contributed by atoms with van der Waals surface area (Å²) in [5.74, 6) is -0.582. The van der Waals surface area contributed by atoms with Gasteiger partial charge >= 0.3 is 0 Å². The van der Waals surface area contributed by atoms with Crippen LogP contribution in [0.15, 0.2) is 36.4 Å². The SMILES string of the molecule is Cc1cc([N+](=O)[O-])ccc1NC(=O)c1ccc(Cl)c([N+](=O)[O-])c1. The van der Waals surface area contributed by atoms with E-state index >= 15 is 0 Å². The lowest BCUT2D eigenvalue weighted by Gasteiger charge is -2.08. The third-order valence-electron chi connectivity index (χ3n) is 3.07. The van der Waals surface area contributed by atoms with Gasteiger partial charge in [0.2, 0.25) is 0 Å². The van der Waals surface area contributed by atoms with E-state index in [0.717, 1.165) is 6.07 Å². The van der Waals surface area contributed by atoms with Crippen LogP contribution in [0.25, 0.3) is 0 Å². The molecule has 1 amide bonds. The van der Waals surface area contributed by atoms with Crippen molar-refractivity contribution in [2.24, 2.45) is 0 Å². The fourth-order valence-electron chi connectivity index (χ4n) is 1.89. The van der Waals surface area contributed by atoms with Gasteiger partial charge in [-0.25, -0.2) is 0 Å². The van der Waals surface area contributed by atoms with Crippen LogP contribution in [-0.2, 0) is 0 Å². The predicted molar refractivity (Wildman–Crippen MR) is 83.9 cm³/mol. The number of nitro benzene ring substituents is 2. The molecule has 1 N–H and O–H groups in total. The summed E-state index contributed by atoms with van der Waals surface area (Å²) in [5, 5.41) is 24.0. The lowest BCUT2D eigenvalue weighted by atomic mass is 10.1. The van der Waals surface area contributed by atoms with Crippen molar-refractivity contribution in [3.63, 3.8) is 0 Å². The van der Waals surface area contributed by atoms with Gasteiger partial charge in [-0.3, -0.25) is 25.0 Å². The molecule has 2 aromatic carbocycles. The van der Waals surface area contributed by atoms with E-state index in [0.29, 0.717) is 11.3 Å². The van der Waals surface area contributed by atoms with Crippen LogP contribution in [0, 0.1) is 27.2 Å². The summed E-state index contributed by atoms with van der Waals surface area (Å²) in [4.78, 5) is 32.5. The number of hydrogen-bond acceptors (Lipinski definition) is 5. The number of aryl methyl sites for hydroxylation is 1. The maximum Gasteiger partial charge on any atom is 0.288 e. The van der Waals surface area contributed by atoms with Gasteiger partial charge in [0, 0.05) is 29.4 Å². The highest BCUT2D eigenvalue weighted by Gasteiger charge is 2.17. The number of anilines is 1. The molecule has 0 aromatic heterocycles.